The first-order chi connectivity index (χ1) is 6.86. The van der Waals surface area contributed by atoms with Gasteiger partial charge in [0.1, 0.15) is 5.84 Å². The molecule has 1 aromatic rings. The highest BCUT2D eigenvalue weighted by Crippen LogP contribution is 2.31. The number of nitrogens with one attached hydrogen (secondary N) is 2. The predicted molar refractivity (Wildman–Crippen MR) is 52.0 cm³/mol. The molecule has 15 heavy (non-hydrogen) atoms. The lowest BCUT2D eigenvalue weighted by atomic mass is 10.1. The third kappa shape index (κ3) is 2.39. The molecule has 4 N–H and O–H groups in total. The Bertz CT molecular complexity index is 385. The molecule has 0 radical (unpaired) electrons. The first kappa shape index (κ1) is 11.4. The van der Waals surface area contributed by atoms with Crippen LogP contribution in [-0.4, -0.2) is 12.9 Å². The summed E-state index contributed by atoms with van der Waals surface area (Å²) in [5.41, 5.74) is 4.89. The summed E-state index contributed by atoms with van der Waals surface area (Å²) in [6.07, 6.45) is -4.39. The van der Waals surface area contributed by atoms with E-state index in [2.05, 4.69) is 5.32 Å². The molecule has 0 aromatic heterocycles. The smallest absolute Gasteiger partial charge is 0.388 e. The van der Waals surface area contributed by atoms with Crippen LogP contribution in [0.25, 0.3) is 0 Å². The molecule has 0 aliphatic heterocycles. The number of hydrogen-bond donors (Lipinski definition) is 3. The molecule has 0 unspecified atom stereocenters. The zero-order chi connectivity index (χ0) is 11.6. The van der Waals surface area contributed by atoms with Crippen LogP contribution in [0.5, 0.6) is 0 Å². The molecule has 0 saturated heterocycles. The standard InChI is InChI=1S/C9H10F3N3/c1-15-7-4-5(9(10,11)12)2-3-6(7)8(13)14/h2-4,15H,1H3,(H3,13,14). The van der Waals surface area contributed by atoms with Gasteiger partial charge in [-0.2, -0.15) is 13.2 Å². The Hall–Kier alpha value is -1.72. The maximum absolute atomic E-state index is 12.3. The van der Waals surface area contributed by atoms with Gasteiger partial charge in [0.25, 0.3) is 0 Å². The third-order valence-corrected chi connectivity index (χ3v) is 1.91. The van der Waals surface area contributed by atoms with Crippen LogP contribution in [-0.2, 0) is 6.18 Å². The average Bonchev–Trinajstić information content (AvgIpc) is 2.15. The maximum atomic E-state index is 12.3. The van der Waals surface area contributed by atoms with Crippen LogP contribution < -0.4 is 11.1 Å². The number of hydrogen-bond acceptors (Lipinski definition) is 2. The van der Waals surface area contributed by atoms with Crippen molar-refractivity contribution in [2.75, 3.05) is 12.4 Å². The summed E-state index contributed by atoms with van der Waals surface area (Å²) in [6, 6.07) is 3.01. The fourth-order valence-corrected chi connectivity index (χ4v) is 1.16. The molecule has 0 spiro atoms. The molecule has 3 nitrogen and oxygen atoms in total. The van der Waals surface area contributed by atoms with Gasteiger partial charge < -0.3 is 11.1 Å². The molecule has 0 aliphatic carbocycles. The van der Waals surface area contributed by atoms with E-state index in [0.717, 1.165) is 12.1 Å². The third-order valence-electron chi connectivity index (χ3n) is 1.91. The van der Waals surface area contributed by atoms with Crippen LogP contribution in [0.3, 0.4) is 0 Å². The van der Waals surface area contributed by atoms with Crippen molar-refractivity contribution in [3.63, 3.8) is 0 Å². The van der Waals surface area contributed by atoms with Crippen molar-refractivity contribution in [1.29, 1.82) is 5.41 Å². The number of anilines is 1. The summed E-state index contributed by atoms with van der Waals surface area (Å²) < 4.78 is 37.0. The summed E-state index contributed by atoms with van der Waals surface area (Å²) in [4.78, 5) is 0. The van der Waals surface area contributed by atoms with Gasteiger partial charge in [-0.3, -0.25) is 5.41 Å². The fraction of sp³-hybridized carbons (Fsp3) is 0.222. The SMILES string of the molecule is CNc1cc(C(F)(F)F)ccc1C(=N)N. The van der Waals surface area contributed by atoms with E-state index < -0.39 is 11.7 Å². The molecule has 0 aliphatic rings. The number of alkyl halides is 3. The second-order valence-corrected chi connectivity index (χ2v) is 2.92. The van der Waals surface area contributed by atoms with Crippen molar-refractivity contribution >= 4 is 11.5 Å². The second-order valence-electron chi connectivity index (χ2n) is 2.92. The highest BCUT2D eigenvalue weighted by atomic mass is 19.4. The van der Waals surface area contributed by atoms with Gasteiger partial charge in [-0.15, -0.1) is 0 Å². The van der Waals surface area contributed by atoms with E-state index in [9.17, 15) is 13.2 Å². The van der Waals surface area contributed by atoms with Crippen molar-refractivity contribution in [3.05, 3.63) is 29.3 Å². The van der Waals surface area contributed by atoms with Gasteiger partial charge in [0.05, 0.1) is 5.56 Å². The quantitative estimate of drug-likeness (QED) is 0.524. The molecule has 0 heterocycles. The summed E-state index contributed by atoms with van der Waals surface area (Å²) in [6.45, 7) is 0. The molecule has 0 atom stereocenters. The van der Waals surface area contributed by atoms with Crippen LogP contribution in [0.4, 0.5) is 18.9 Å². The Labute approximate surface area is 84.6 Å². The van der Waals surface area contributed by atoms with Gasteiger partial charge in [0.15, 0.2) is 0 Å². The summed E-state index contributed by atoms with van der Waals surface area (Å²) in [7, 11) is 1.47. The van der Waals surface area contributed by atoms with Gasteiger partial charge in [-0.25, -0.2) is 0 Å². The van der Waals surface area contributed by atoms with Crippen LogP contribution in [0.15, 0.2) is 18.2 Å². The molecular formula is C9H10F3N3. The van der Waals surface area contributed by atoms with Crippen molar-refractivity contribution in [2.24, 2.45) is 5.73 Å². The lowest BCUT2D eigenvalue weighted by molar-refractivity contribution is -0.137. The topological polar surface area (TPSA) is 61.9 Å². The minimum Gasteiger partial charge on any atom is -0.388 e. The molecular weight excluding hydrogens is 207 g/mol. The molecule has 1 rings (SSSR count). The first-order valence-electron chi connectivity index (χ1n) is 4.09. The number of nitrogens with two attached hydrogens (primary N) is 1. The zero-order valence-electron chi connectivity index (χ0n) is 7.94. The van der Waals surface area contributed by atoms with Gasteiger partial charge in [-0.05, 0) is 18.2 Å². The van der Waals surface area contributed by atoms with E-state index in [0.29, 0.717) is 0 Å². The van der Waals surface area contributed by atoms with Crippen LogP contribution in [0.2, 0.25) is 0 Å². The van der Waals surface area contributed by atoms with E-state index in [1.165, 1.54) is 13.1 Å². The average molecular weight is 217 g/mol. The minimum atomic E-state index is -4.39. The molecule has 82 valence electrons. The maximum Gasteiger partial charge on any atom is 0.416 e. The number of nitrogen functional groups attached to an aromatic ring is 1. The highest BCUT2D eigenvalue weighted by Gasteiger charge is 2.31. The number of benzene rings is 1. The highest BCUT2D eigenvalue weighted by molar-refractivity contribution is 6.00. The van der Waals surface area contributed by atoms with E-state index >= 15 is 0 Å². The number of rotatable bonds is 2. The Balaban J connectivity index is 3.25. The molecule has 0 bridgehead atoms. The molecule has 6 heteroatoms. The number of amidine groups is 1. The van der Waals surface area contributed by atoms with Crippen molar-refractivity contribution in [3.8, 4) is 0 Å². The van der Waals surface area contributed by atoms with Crippen LogP contribution in [0, 0.1) is 5.41 Å². The Morgan fingerprint density at radius 2 is 2.00 bits per heavy atom. The lowest BCUT2D eigenvalue weighted by Crippen LogP contribution is -2.15. The van der Waals surface area contributed by atoms with Crippen LogP contribution in [0.1, 0.15) is 11.1 Å². The Morgan fingerprint density at radius 1 is 1.40 bits per heavy atom. The van der Waals surface area contributed by atoms with E-state index in [1.807, 2.05) is 0 Å². The largest absolute Gasteiger partial charge is 0.416 e. The second kappa shape index (κ2) is 3.80. The van der Waals surface area contributed by atoms with Gasteiger partial charge in [0.2, 0.25) is 0 Å². The van der Waals surface area contributed by atoms with Crippen molar-refractivity contribution in [2.45, 2.75) is 6.18 Å². The fourth-order valence-electron chi connectivity index (χ4n) is 1.16. The lowest BCUT2D eigenvalue weighted by Gasteiger charge is -2.12. The first-order valence-corrected chi connectivity index (χ1v) is 4.09. The van der Waals surface area contributed by atoms with E-state index in [-0.39, 0.29) is 17.1 Å². The van der Waals surface area contributed by atoms with E-state index in [4.69, 9.17) is 11.1 Å². The summed E-state index contributed by atoms with van der Waals surface area (Å²) in [5.74, 6) is -0.270. The van der Waals surface area contributed by atoms with Gasteiger partial charge in [-0.1, -0.05) is 0 Å². The minimum absolute atomic E-state index is 0.192. The molecule has 0 fully saturated rings. The van der Waals surface area contributed by atoms with Crippen molar-refractivity contribution in [1.82, 2.24) is 0 Å². The Kier molecular flexibility index (Phi) is 2.88. The summed E-state index contributed by atoms with van der Waals surface area (Å²) >= 11 is 0. The molecule has 0 amide bonds. The summed E-state index contributed by atoms with van der Waals surface area (Å²) in [5, 5.41) is 9.73. The van der Waals surface area contributed by atoms with Crippen LogP contribution >= 0.6 is 0 Å². The monoisotopic (exact) mass is 217 g/mol. The number of halogens is 3. The zero-order valence-corrected chi connectivity index (χ0v) is 7.94. The van der Waals surface area contributed by atoms with Gasteiger partial charge >= 0.3 is 6.18 Å². The van der Waals surface area contributed by atoms with Gasteiger partial charge in [0, 0.05) is 18.3 Å². The van der Waals surface area contributed by atoms with E-state index in [1.54, 1.807) is 0 Å². The molecule has 0 saturated carbocycles. The normalized spacial score (nSPS) is 11.2. The predicted octanol–water partition coefficient (Wildman–Crippen LogP) is 2.03. The van der Waals surface area contributed by atoms with Crippen molar-refractivity contribution < 1.29 is 13.2 Å². The molecule has 1 aromatic carbocycles. The Morgan fingerprint density at radius 3 is 2.40 bits per heavy atom.